The minimum atomic E-state index is -0.0631. The smallest absolute Gasteiger partial charge is 0.163 e. The Morgan fingerprint density at radius 1 is 1.03 bits per heavy atom. The summed E-state index contributed by atoms with van der Waals surface area (Å²) in [5.74, 6) is -0.0631. The largest absolute Gasteiger partial charge is 0.354 e. The van der Waals surface area contributed by atoms with Gasteiger partial charge in [0.1, 0.15) is 0 Å². The number of rotatable bonds is 6. The average Bonchev–Trinajstić information content (AvgIpc) is 2.77. The van der Waals surface area contributed by atoms with Crippen LogP contribution in [0.25, 0.3) is 22.0 Å². The summed E-state index contributed by atoms with van der Waals surface area (Å²) in [6.45, 7) is 4.01. The fraction of sp³-hybridized carbons (Fsp3) is 0.154. The van der Waals surface area contributed by atoms with E-state index in [2.05, 4.69) is 10.3 Å². The third-order valence-electron chi connectivity index (χ3n) is 5.49. The van der Waals surface area contributed by atoms with E-state index in [1.54, 1.807) is 13.1 Å². The molecule has 0 bridgehead atoms. The number of pyridine rings is 1. The first-order chi connectivity index (χ1) is 15.4. The second kappa shape index (κ2) is 9.29. The fourth-order valence-corrected chi connectivity index (χ4v) is 4.19. The van der Waals surface area contributed by atoms with Crippen molar-refractivity contribution in [2.45, 2.75) is 20.3 Å². The highest BCUT2D eigenvalue weighted by atomic mass is 35.5. The van der Waals surface area contributed by atoms with Gasteiger partial charge >= 0.3 is 0 Å². The molecule has 4 nitrogen and oxygen atoms in total. The van der Waals surface area contributed by atoms with Crippen LogP contribution in [0.5, 0.6) is 0 Å². The number of carbonyl (C=O) groups is 1. The molecule has 4 rings (SSSR count). The van der Waals surface area contributed by atoms with Crippen molar-refractivity contribution in [1.82, 2.24) is 4.98 Å². The van der Waals surface area contributed by atoms with Crippen LogP contribution in [-0.2, 0) is 6.42 Å². The number of ketones is 1. The van der Waals surface area contributed by atoms with Crippen LogP contribution in [0.15, 0.2) is 60.8 Å². The second-order valence-electron chi connectivity index (χ2n) is 7.76. The SMILES string of the molecule is CC(=O)c1cnc2ccc(-c3cc(Cl)c(C)c(Cl)c3)cc2c1Nc1cccc(CCN)c1. The van der Waals surface area contributed by atoms with Crippen molar-refractivity contribution in [2.75, 3.05) is 11.9 Å². The zero-order valence-corrected chi connectivity index (χ0v) is 19.4. The predicted octanol–water partition coefficient (Wildman–Crippen LogP) is 6.96. The number of nitrogens with zero attached hydrogens (tertiary/aromatic N) is 1. The topological polar surface area (TPSA) is 68.0 Å². The molecule has 0 aliphatic carbocycles. The van der Waals surface area contributed by atoms with Crippen LogP contribution in [0, 0.1) is 6.92 Å². The number of Topliss-reactive ketones (excluding diaryl/α,β-unsaturated/α-hetero) is 1. The van der Waals surface area contributed by atoms with Crippen LogP contribution in [0.3, 0.4) is 0 Å². The summed E-state index contributed by atoms with van der Waals surface area (Å²) in [6.07, 6.45) is 2.40. The lowest BCUT2D eigenvalue weighted by molar-refractivity contribution is 0.101. The molecule has 1 aromatic heterocycles. The van der Waals surface area contributed by atoms with Crippen molar-refractivity contribution in [3.05, 3.63) is 87.5 Å². The Morgan fingerprint density at radius 2 is 1.78 bits per heavy atom. The molecule has 0 saturated heterocycles. The summed E-state index contributed by atoms with van der Waals surface area (Å²) in [5, 5.41) is 5.51. The lowest BCUT2D eigenvalue weighted by atomic mass is 9.99. The van der Waals surface area contributed by atoms with Crippen LogP contribution < -0.4 is 11.1 Å². The summed E-state index contributed by atoms with van der Waals surface area (Å²) < 4.78 is 0. The third-order valence-corrected chi connectivity index (χ3v) is 6.28. The highest BCUT2D eigenvalue weighted by molar-refractivity contribution is 6.36. The molecule has 0 saturated carbocycles. The number of benzene rings is 3. The van der Waals surface area contributed by atoms with E-state index >= 15 is 0 Å². The maximum Gasteiger partial charge on any atom is 0.163 e. The number of fused-ring (bicyclic) bond motifs is 1. The molecule has 0 aliphatic heterocycles. The van der Waals surface area contributed by atoms with Gasteiger partial charge in [-0.25, -0.2) is 0 Å². The van der Waals surface area contributed by atoms with Crippen molar-refractivity contribution in [3.8, 4) is 11.1 Å². The molecule has 1 heterocycles. The number of hydrogen-bond donors (Lipinski definition) is 2. The average molecular weight is 464 g/mol. The van der Waals surface area contributed by atoms with Gasteiger partial charge in [0.05, 0.1) is 16.8 Å². The van der Waals surface area contributed by atoms with Crippen molar-refractivity contribution >= 4 is 51.3 Å². The van der Waals surface area contributed by atoms with Gasteiger partial charge in [-0.05, 0) is 85.5 Å². The van der Waals surface area contributed by atoms with Crippen LogP contribution in [0.2, 0.25) is 10.0 Å². The van der Waals surface area contributed by atoms with Crippen molar-refractivity contribution < 1.29 is 4.79 Å². The van der Waals surface area contributed by atoms with Gasteiger partial charge in [0, 0.05) is 27.3 Å². The molecule has 3 aromatic carbocycles. The van der Waals surface area contributed by atoms with Crippen LogP contribution in [0.1, 0.15) is 28.4 Å². The van der Waals surface area contributed by atoms with E-state index in [-0.39, 0.29) is 5.78 Å². The van der Waals surface area contributed by atoms with Crippen LogP contribution in [-0.4, -0.2) is 17.3 Å². The second-order valence-corrected chi connectivity index (χ2v) is 8.58. The lowest BCUT2D eigenvalue weighted by Gasteiger charge is -2.15. The predicted molar refractivity (Wildman–Crippen MR) is 134 cm³/mol. The van der Waals surface area contributed by atoms with Crippen LogP contribution >= 0.6 is 23.2 Å². The van der Waals surface area contributed by atoms with E-state index in [0.717, 1.165) is 51.0 Å². The molecule has 0 unspecified atom stereocenters. The van der Waals surface area contributed by atoms with E-state index in [1.165, 1.54) is 0 Å². The quantitative estimate of drug-likeness (QED) is 0.303. The minimum absolute atomic E-state index is 0.0631. The van der Waals surface area contributed by atoms with Gasteiger partial charge in [0.2, 0.25) is 0 Å². The molecule has 0 spiro atoms. The summed E-state index contributed by atoms with van der Waals surface area (Å²) >= 11 is 12.7. The Hall–Kier alpha value is -2.92. The zero-order chi connectivity index (χ0) is 22.8. The summed E-state index contributed by atoms with van der Waals surface area (Å²) in [4.78, 5) is 16.9. The Morgan fingerprint density at radius 3 is 2.47 bits per heavy atom. The Kier molecular flexibility index (Phi) is 6.47. The summed E-state index contributed by atoms with van der Waals surface area (Å²) in [6, 6.07) is 17.8. The van der Waals surface area contributed by atoms with Gasteiger partial charge in [-0.15, -0.1) is 0 Å². The van der Waals surface area contributed by atoms with Crippen molar-refractivity contribution in [1.29, 1.82) is 0 Å². The minimum Gasteiger partial charge on any atom is -0.354 e. The number of carbonyl (C=O) groups excluding carboxylic acids is 1. The monoisotopic (exact) mass is 463 g/mol. The number of nitrogens with one attached hydrogen (secondary N) is 1. The standard InChI is InChI=1S/C26H23Cl2N3O/c1-15-23(27)12-19(13-24(15)28)18-6-7-25-21(11-18)26(22(14-30-25)16(2)32)31-20-5-3-4-17(10-20)8-9-29/h3-7,10-14H,8-9,29H2,1-2H3,(H,30,31). The molecule has 6 heteroatoms. The van der Waals surface area contributed by atoms with Crippen molar-refractivity contribution in [2.24, 2.45) is 5.73 Å². The Balaban J connectivity index is 1.88. The molecule has 0 radical (unpaired) electrons. The third kappa shape index (κ3) is 4.49. The zero-order valence-electron chi connectivity index (χ0n) is 17.9. The van der Waals surface area contributed by atoms with Gasteiger partial charge in [-0.3, -0.25) is 9.78 Å². The van der Waals surface area contributed by atoms with E-state index in [1.807, 2.05) is 61.5 Å². The molecule has 32 heavy (non-hydrogen) atoms. The molecule has 0 atom stereocenters. The molecule has 0 fully saturated rings. The van der Waals surface area contributed by atoms with E-state index in [9.17, 15) is 4.79 Å². The number of nitrogens with two attached hydrogens (primary N) is 1. The molecule has 4 aromatic rings. The number of halogens is 2. The van der Waals surface area contributed by atoms with E-state index in [0.29, 0.717) is 22.2 Å². The fourth-order valence-electron chi connectivity index (χ4n) is 3.70. The summed E-state index contributed by atoms with van der Waals surface area (Å²) in [7, 11) is 0. The number of aromatic nitrogens is 1. The van der Waals surface area contributed by atoms with Gasteiger partial charge in [0.15, 0.2) is 5.78 Å². The van der Waals surface area contributed by atoms with Gasteiger partial charge < -0.3 is 11.1 Å². The highest BCUT2D eigenvalue weighted by Gasteiger charge is 2.15. The number of hydrogen-bond acceptors (Lipinski definition) is 4. The summed E-state index contributed by atoms with van der Waals surface area (Å²) in [5.41, 5.74) is 12.4. The normalized spacial score (nSPS) is 11.0. The first-order valence-electron chi connectivity index (χ1n) is 10.3. The first kappa shape index (κ1) is 22.3. The van der Waals surface area contributed by atoms with Gasteiger partial charge in [0.25, 0.3) is 0 Å². The molecule has 0 amide bonds. The molecular formula is C26H23Cl2N3O. The molecular weight excluding hydrogens is 441 g/mol. The maximum absolute atomic E-state index is 12.4. The first-order valence-corrected chi connectivity index (χ1v) is 11.1. The lowest BCUT2D eigenvalue weighted by Crippen LogP contribution is -2.05. The van der Waals surface area contributed by atoms with E-state index in [4.69, 9.17) is 28.9 Å². The van der Waals surface area contributed by atoms with Crippen LogP contribution in [0.4, 0.5) is 11.4 Å². The highest BCUT2D eigenvalue weighted by Crippen LogP contribution is 2.35. The van der Waals surface area contributed by atoms with E-state index < -0.39 is 0 Å². The Labute approximate surface area is 197 Å². The van der Waals surface area contributed by atoms with Gasteiger partial charge in [-0.2, -0.15) is 0 Å². The Bertz CT molecular complexity index is 1310. The number of anilines is 2. The maximum atomic E-state index is 12.4. The molecule has 162 valence electrons. The molecule has 3 N–H and O–H groups in total. The van der Waals surface area contributed by atoms with Crippen molar-refractivity contribution in [3.63, 3.8) is 0 Å². The molecule has 0 aliphatic rings. The van der Waals surface area contributed by atoms with Gasteiger partial charge in [-0.1, -0.05) is 41.4 Å².